The van der Waals surface area contributed by atoms with Crippen molar-refractivity contribution in [1.29, 1.82) is 0 Å². The number of halogens is 3. The predicted molar refractivity (Wildman–Crippen MR) is 30.9 cm³/mol. The molecular formula is C5H5F3N2O. The van der Waals surface area contributed by atoms with Crippen molar-refractivity contribution in [2.75, 3.05) is 0 Å². The molecule has 1 rings (SSSR count). The van der Waals surface area contributed by atoms with Gasteiger partial charge in [-0.3, -0.25) is 14.6 Å². The summed E-state index contributed by atoms with van der Waals surface area (Å²) in [5.74, 6) is -1.41. The Morgan fingerprint density at radius 3 is 2.27 bits per heavy atom. The predicted octanol–water partition coefficient (Wildman–Crippen LogP) is 0.790. The van der Waals surface area contributed by atoms with Gasteiger partial charge in [0.1, 0.15) is 5.69 Å². The van der Waals surface area contributed by atoms with Crippen LogP contribution >= 0.6 is 0 Å². The number of hydrogen-bond donors (Lipinski definition) is 1. The molecule has 0 saturated heterocycles. The van der Waals surface area contributed by atoms with Crippen molar-refractivity contribution in [2.24, 2.45) is 7.05 Å². The maximum Gasteiger partial charge on any atom is 0.300 e. The number of aromatic nitrogens is 2. The molecule has 62 valence electrons. The maximum absolute atomic E-state index is 12.4. The molecule has 0 aromatic carbocycles. The van der Waals surface area contributed by atoms with Crippen LogP contribution in [0.3, 0.4) is 0 Å². The summed E-state index contributed by atoms with van der Waals surface area (Å²) in [4.78, 5) is 10.4. The van der Waals surface area contributed by atoms with Crippen molar-refractivity contribution in [1.82, 2.24) is 9.78 Å². The fourth-order valence-electron chi connectivity index (χ4n) is 0.767. The number of nitrogens with zero attached hydrogens (tertiary/aromatic N) is 1. The largest absolute Gasteiger partial charge is 0.300 e. The molecule has 0 radical (unpaired) electrons. The Morgan fingerprint density at radius 1 is 1.55 bits per heavy atom. The topological polar surface area (TPSA) is 37.8 Å². The standard InChI is InChI=1S/C5H5F3N2O/c1-10-3(4(7)8)2(6)5(11)9-10/h4H,1H3,(H,9,11). The average Bonchev–Trinajstić information content (AvgIpc) is 2.07. The Morgan fingerprint density at radius 2 is 2.09 bits per heavy atom. The zero-order valence-electron chi connectivity index (χ0n) is 5.57. The zero-order chi connectivity index (χ0) is 8.59. The van der Waals surface area contributed by atoms with E-state index < -0.39 is 23.5 Å². The van der Waals surface area contributed by atoms with Gasteiger partial charge in [-0.2, -0.15) is 4.39 Å². The zero-order valence-corrected chi connectivity index (χ0v) is 5.57. The van der Waals surface area contributed by atoms with Crippen LogP contribution in [0.25, 0.3) is 0 Å². The molecular weight excluding hydrogens is 161 g/mol. The minimum Gasteiger partial charge on any atom is -0.284 e. The van der Waals surface area contributed by atoms with E-state index in [0.29, 0.717) is 4.68 Å². The lowest BCUT2D eigenvalue weighted by atomic mass is 10.4. The molecule has 11 heavy (non-hydrogen) atoms. The van der Waals surface area contributed by atoms with Gasteiger partial charge in [0.15, 0.2) is 0 Å². The summed E-state index contributed by atoms with van der Waals surface area (Å²) in [7, 11) is 1.14. The number of aromatic amines is 1. The highest BCUT2D eigenvalue weighted by Crippen LogP contribution is 2.18. The van der Waals surface area contributed by atoms with Crippen LogP contribution in [-0.4, -0.2) is 9.78 Å². The van der Waals surface area contributed by atoms with Crippen LogP contribution in [0, 0.1) is 5.82 Å². The summed E-state index contributed by atoms with van der Waals surface area (Å²) < 4.78 is 36.9. The molecule has 0 aliphatic carbocycles. The van der Waals surface area contributed by atoms with Gasteiger partial charge in [-0.05, 0) is 0 Å². The van der Waals surface area contributed by atoms with Crippen molar-refractivity contribution in [3.05, 3.63) is 21.9 Å². The number of nitrogens with one attached hydrogen (secondary N) is 1. The first-order valence-corrected chi connectivity index (χ1v) is 2.76. The number of rotatable bonds is 1. The van der Waals surface area contributed by atoms with Crippen LogP contribution in [0.1, 0.15) is 12.1 Å². The Hall–Kier alpha value is -1.20. The van der Waals surface area contributed by atoms with Crippen LogP contribution in [0.2, 0.25) is 0 Å². The highest BCUT2D eigenvalue weighted by Gasteiger charge is 2.20. The summed E-state index contributed by atoms with van der Waals surface area (Å²) >= 11 is 0. The molecule has 0 spiro atoms. The van der Waals surface area contributed by atoms with Crippen molar-refractivity contribution in [3.8, 4) is 0 Å². The molecule has 1 N–H and O–H groups in total. The second-order valence-corrected chi connectivity index (χ2v) is 2.00. The van der Waals surface area contributed by atoms with Crippen LogP contribution in [-0.2, 0) is 7.05 Å². The average molecular weight is 166 g/mol. The first-order chi connectivity index (χ1) is 5.04. The lowest BCUT2D eigenvalue weighted by Crippen LogP contribution is -2.03. The van der Waals surface area contributed by atoms with E-state index in [4.69, 9.17) is 0 Å². The smallest absolute Gasteiger partial charge is 0.284 e. The monoisotopic (exact) mass is 166 g/mol. The highest BCUT2D eigenvalue weighted by atomic mass is 19.3. The van der Waals surface area contributed by atoms with Gasteiger partial charge in [0.05, 0.1) is 0 Å². The SMILES string of the molecule is Cn1[nH]c(=O)c(F)c1C(F)F. The third-order valence-electron chi connectivity index (χ3n) is 1.26. The maximum atomic E-state index is 12.4. The highest BCUT2D eigenvalue weighted by molar-refractivity contribution is 5.05. The Bertz CT molecular complexity index is 314. The molecule has 1 aromatic heterocycles. The Balaban J connectivity index is 3.34. The molecule has 0 amide bonds. The summed E-state index contributed by atoms with van der Waals surface area (Å²) in [6.07, 6.45) is -2.97. The second kappa shape index (κ2) is 2.44. The molecule has 0 aliphatic heterocycles. The van der Waals surface area contributed by atoms with E-state index in [1.165, 1.54) is 0 Å². The lowest BCUT2D eigenvalue weighted by molar-refractivity contribution is 0.135. The molecule has 1 heterocycles. The van der Waals surface area contributed by atoms with E-state index in [9.17, 15) is 18.0 Å². The lowest BCUT2D eigenvalue weighted by Gasteiger charge is -1.98. The van der Waals surface area contributed by atoms with Gasteiger partial charge in [-0.1, -0.05) is 0 Å². The van der Waals surface area contributed by atoms with Crippen molar-refractivity contribution in [2.45, 2.75) is 6.43 Å². The van der Waals surface area contributed by atoms with Gasteiger partial charge in [-0.25, -0.2) is 8.78 Å². The Kier molecular flexibility index (Phi) is 1.76. The van der Waals surface area contributed by atoms with Crippen LogP contribution in [0.4, 0.5) is 13.2 Å². The van der Waals surface area contributed by atoms with Gasteiger partial charge < -0.3 is 0 Å². The van der Waals surface area contributed by atoms with Gasteiger partial charge in [-0.15, -0.1) is 0 Å². The quantitative estimate of drug-likeness (QED) is 0.658. The minimum absolute atomic E-state index is 0.669. The van der Waals surface area contributed by atoms with Crippen LogP contribution < -0.4 is 5.56 Å². The number of alkyl halides is 2. The normalized spacial score (nSPS) is 11.0. The molecule has 0 unspecified atom stereocenters. The number of hydrogen-bond acceptors (Lipinski definition) is 1. The van der Waals surface area contributed by atoms with Crippen molar-refractivity contribution >= 4 is 0 Å². The first kappa shape index (κ1) is 7.90. The van der Waals surface area contributed by atoms with E-state index in [1.54, 1.807) is 0 Å². The minimum atomic E-state index is -2.97. The van der Waals surface area contributed by atoms with Gasteiger partial charge in [0.2, 0.25) is 5.82 Å². The molecule has 0 aliphatic rings. The Labute approximate surface area is 59.4 Å². The molecule has 1 aromatic rings. The van der Waals surface area contributed by atoms with E-state index in [-0.39, 0.29) is 0 Å². The van der Waals surface area contributed by atoms with Crippen molar-refractivity contribution < 1.29 is 13.2 Å². The van der Waals surface area contributed by atoms with E-state index in [0.717, 1.165) is 7.05 Å². The van der Waals surface area contributed by atoms with E-state index >= 15 is 0 Å². The summed E-state index contributed by atoms with van der Waals surface area (Å²) in [5, 5.41) is 1.86. The van der Waals surface area contributed by atoms with E-state index in [2.05, 4.69) is 0 Å². The molecule has 6 heteroatoms. The molecule has 0 bridgehead atoms. The number of H-pyrrole nitrogens is 1. The van der Waals surface area contributed by atoms with Crippen molar-refractivity contribution in [3.63, 3.8) is 0 Å². The number of aryl methyl sites for hydroxylation is 1. The van der Waals surface area contributed by atoms with E-state index in [1.807, 2.05) is 5.10 Å². The molecule has 0 saturated carbocycles. The van der Waals surface area contributed by atoms with Gasteiger partial charge in [0.25, 0.3) is 6.43 Å². The first-order valence-electron chi connectivity index (χ1n) is 2.76. The van der Waals surface area contributed by atoms with Crippen LogP contribution in [0.15, 0.2) is 4.79 Å². The molecule has 3 nitrogen and oxygen atoms in total. The third-order valence-corrected chi connectivity index (χ3v) is 1.26. The fraction of sp³-hybridized carbons (Fsp3) is 0.400. The molecule has 0 fully saturated rings. The van der Waals surface area contributed by atoms with Gasteiger partial charge >= 0.3 is 5.56 Å². The van der Waals surface area contributed by atoms with Crippen LogP contribution in [0.5, 0.6) is 0 Å². The summed E-state index contributed by atoms with van der Waals surface area (Å²) in [6.45, 7) is 0. The van der Waals surface area contributed by atoms with Gasteiger partial charge in [0, 0.05) is 7.05 Å². The fourth-order valence-corrected chi connectivity index (χ4v) is 0.767. The third kappa shape index (κ3) is 1.15. The summed E-state index contributed by atoms with van der Waals surface area (Å²) in [6, 6.07) is 0. The molecule has 0 atom stereocenters. The second-order valence-electron chi connectivity index (χ2n) is 2.00. The summed E-state index contributed by atoms with van der Waals surface area (Å²) in [5.41, 5.74) is -2.03.